The van der Waals surface area contributed by atoms with Gasteiger partial charge in [-0.15, -0.1) is 0 Å². The molecule has 1 aromatic heterocycles. The number of halogens is 1. The van der Waals surface area contributed by atoms with E-state index in [0.717, 1.165) is 0 Å². The Labute approximate surface area is 104 Å². The van der Waals surface area contributed by atoms with Gasteiger partial charge in [-0.2, -0.15) is 0 Å². The van der Waals surface area contributed by atoms with Gasteiger partial charge in [0.1, 0.15) is 5.82 Å². The van der Waals surface area contributed by atoms with Gasteiger partial charge in [0.25, 0.3) is 0 Å². The number of aromatic nitrogens is 1. The third-order valence-electron chi connectivity index (χ3n) is 2.57. The van der Waals surface area contributed by atoms with Crippen LogP contribution in [0.15, 0.2) is 24.3 Å². The summed E-state index contributed by atoms with van der Waals surface area (Å²) in [6.07, 6.45) is 0. The number of nitrogens with zero attached hydrogens (tertiary/aromatic N) is 1. The van der Waals surface area contributed by atoms with Gasteiger partial charge in [-0.1, -0.05) is 6.07 Å². The van der Waals surface area contributed by atoms with Crippen LogP contribution in [-0.2, 0) is 11.3 Å². The molecular formula is C13H13FN2O2. The van der Waals surface area contributed by atoms with Crippen molar-refractivity contribution in [3.63, 3.8) is 0 Å². The minimum absolute atomic E-state index is 0.0978. The molecule has 2 rings (SSSR count). The number of hydrogen-bond acceptors (Lipinski definition) is 4. The fourth-order valence-corrected chi connectivity index (χ4v) is 1.74. The molecule has 0 aliphatic heterocycles. The number of rotatable bonds is 3. The van der Waals surface area contributed by atoms with Gasteiger partial charge >= 0.3 is 5.97 Å². The first kappa shape index (κ1) is 12.4. The Morgan fingerprint density at radius 3 is 2.94 bits per heavy atom. The van der Waals surface area contributed by atoms with Gasteiger partial charge in [0, 0.05) is 11.9 Å². The number of carbonyl (C=O) groups is 1. The molecule has 94 valence electrons. The number of hydrogen-bond donors (Lipinski definition) is 1. The molecule has 0 unspecified atom stereocenters. The fourth-order valence-electron chi connectivity index (χ4n) is 1.74. The lowest BCUT2D eigenvalue weighted by atomic mass is 10.1. The van der Waals surface area contributed by atoms with Crippen LogP contribution in [0.2, 0.25) is 0 Å². The van der Waals surface area contributed by atoms with E-state index < -0.39 is 11.8 Å². The molecule has 0 saturated carbocycles. The van der Waals surface area contributed by atoms with E-state index in [1.165, 1.54) is 12.1 Å². The minimum atomic E-state index is -0.532. The lowest BCUT2D eigenvalue weighted by Gasteiger charge is -2.08. The summed E-state index contributed by atoms with van der Waals surface area (Å²) in [7, 11) is 0. The number of carbonyl (C=O) groups excluding carboxylic acids is 1. The van der Waals surface area contributed by atoms with Crippen LogP contribution in [0, 0.1) is 5.82 Å². The molecule has 0 spiro atoms. The lowest BCUT2D eigenvalue weighted by molar-refractivity contribution is 0.0524. The lowest BCUT2D eigenvalue weighted by Crippen LogP contribution is -2.13. The summed E-state index contributed by atoms with van der Waals surface area (Å²) < 4.78 is 18.5. The summed E-state index contributed by atoms with van der Waals surface area (Å²) in [4.78, 5) is 15.9. The number of esters is 1. The monoisotopic (exact) mass is 248 g/mol. The summed E-state index contributed by atoms with van der Waals surface area (Å²) in [5.74, 6) is -0.954. The van der Waals surface area contributed by atoms with Crippen LogP contribution in [0.25, 0.3) is 10.9 Å². The van der Waals surface area contributed by atoms with Crippen molar-refractivity contribution in [1.29, 1.82) is 0 Å². The van der Waals surface area contributed by atoms with Gasteiger partial charge in [-0.05, 0) is 25.1 Å². The van der Waals surface area contributed by atoms with Crippen LogP contribution >= 0.6 is 0 Å². The predicted molar refractivity (Wildman–Crippen MR) is 65.5 cm³/mol. The number of pyridine rings is 1. The van der Waals surface area contributed by atoms with E-state index in [4.69, 9.17) is 10.5 Å². The maximum Gasteiger partial charge on any atom is 0.340 e. The summed E-state index contributed by atoms with van der Waals surface area (Å²) in [6, 6.07) is 6.00. The van der Waals surface area contributed by atoms with Crippen molar-refractivity contribution in [2.45, 2.75) is 13.5 Å². The van der Waals surface area contributed by atoms with Gasteiger partial charge < -0.3 is 10.5 Å². The molecule has 0 amide bonds. The van der Waals surface area contributed by atoms with Crippen molar-refractivity contribution in [3.05, 3.63) is 41.3 Å². The van der Waals surface area contributed by atoms with Crippen LogP contribution in [-0.4, -0.2) is 17.6 Å². The van der Waals surface area contributed by atoms with Crippen molar-refractivity contribution in [2.24, 2.45) is 5.73 Å². The first-order valence-corrected chi connectivity index (χ1v) is 5.62. The smallest absolute Gasteiger partial charge is 0.340 e. The van der Waals surface area contributed by atoms with Crippen molar-refractivity contribution >= 4 is 16.9 Å². The molecule has 0 aliphatic rings. The highest BCUT2D eigenvalue weighted by atomic mass is 19.1. The molecule has 0 fully saturated rings. The second-order valence-electron chi connectivity index (χ2n) is 3.71. The molecule has 0 bridgehead atoms. The highest BCUT2D eigenvalue weighted by Crippen LogP contribution is 2.20. The Kier molecular flexibility index (Phi) is 3.53. The summed E-state index contributed by atoms with van der Waals surface area (Å²) in [5.41, 5.74) is 6.65. The zero-order valence-corrected chi connectivity index (χ0v) is 9.94. The Hall–Kier alpha value is -2.01. The molecule has 1 aromatic carbocycles. The zero-order chi connectivity index (χ0) is 13.1. The maximum atomic E-state index is 13.6. The van der Waals surface area contributed by atoms with E-state index in [2.05, 4.69) is 4.98 Å². The molecule has 0 atom stereocenters. The number of benzene rings is 1. The number of fused-ring (bicyclic) bond motifs is 1. The summed E-state index contributed by atoms with van der Waals surface area (Å²) in [5, 5.41) is 0.290. The summed E-state index contributed by atoms with van der Waals surface area (Å²) >= 11 is 0. The molecule has 0 aliphatic carbocycles. The van der Waals surface area contributed by atoms with Crippen molar-refractivity contribution in [1.82, 2.24) is 4.98 Å². The molecule has 0 radical (unpaired) electrons. The van der Waals surface area contributed by atoms with Crippen LogP contribution < -0.4 is 5.73 Å². The molecule has 1 heterocycles. The molecule has 0 saturated heterocycles. The highest BCUT2D eigenvalue weighted by Gasteiger charge is 2.15. The Morgan fingerprint density at radius 2 is 2.28 bits per heavy atom. The first-order chi connectivity index (χ1) is 8.67. The third kappa shape index (κ3) is 2.17. The zero-order valence-electron chi connectivity index (χ0n) is 9.94. The van der Waals surface area contributed by atoms with E-state index in [0.29, 0.717) is 11.2 Å². The summed E-state index contributed by atoms with van der Waals surface area (Å²) in [6.45, 7) is 2.05. The van der Waals surface area contributed by atoms with Crippen molar-refractivity contribution in [3.8, 4) is 0 Å². The molecule has 2 aromatic rings. The standard InChI is InChI=1S/C13H13FN2O2/c1-2-18-13(17)9-6-8-10(14)4-3-5-11(8)16-12(9)7-15/h3-6H,2,7,15H2,1H3. The maximum absolute atomic E-state index is 13.6. The quantitative estimate of drug-likeness (QED) is 0.844. The second kappa shape index (κ2) is 5.10. The minimum Gasteiger partial charge on any atom is -0.462 e. The highest BCUT2D eigenvalue weighted by molar-refractivity contribution is 5.95. The van der Waals surface area contributed by atoms with Crippen LogP contribution in [0.4, 0.5) is 4.39 Å². The molecule has 5 heteroatoms. The van der Waals surface area contributed by atoms with Gasteiger partial charge in [-0.25, -0.2) is 9.18 Å². The van der Waals surface area contributed by atoms with Crippen LogP contribution in [0.5, 0.6) is 0 Å². The van der Waals surface area contributed by atoms with E-state index in [9.17, 15) is 9.18 Å². The molecule has 18 heavy (non-hydrogen) atoms. The average molecular weight is 248 g/mol. The predicted octanol–water partition coefficient (Wildman–Crippen LogP) is 2.01. The Bertz CT molecular complexity index is 599. The molecular weight excluding hydrogens is 235 g/mol. The van der Waals surface area contributed by atoms with Crippen LogP contribution in [0.1, 0.15) is 23.0 Å². The molecule has 2 N–H and O–H groups in total. The third-order valence-corrected chi connectivity index (χ3v) is 2.57. The molecule has 4 nitrogen and oxygen atoms in total. The van der Waals surface area contributed by atoms with E-state index in [1.54, 1.807) is 19.1 Å². The average Bonchev–Trinajstić information content (AvgIpc) is 2.38. The van der Waals surface area contributed by atoms with Gasteiger partial charge in [-0.3, -0.25) is 4.98 Å². The van der Waals surface area contributed by atoms with Gasteiger partial charge in [0.15, 0.2) is 0 Å². The fraction of sp³-hybridized carbons (Fsp3) is 0.231. The topological polar surface area (TPSA) is 65.2 Å². The van der Waals surface area contributed by atoms with E-state index in [-0.39, 0.29) is 24.1 Å². The number of ether oxygens (including phenoxy) is 1. The normalized spacial score (nSPS) is 10.6. The van der Waals surface area contributed by atoms with Gasteiger partial charge in [0.2, 0.25) is 0 Å². The first-order valence-electron chi connectivity index (χ1n) is 5.62. The Balaban J connectivity index is 2.64. The van der Waals surface area contributed by atoms with Crippen molar-refractivity contribution < 1.29 is 13.9 Å². The second-order valence-corrected chi connectivity index (χ2v) is 3.71. The Morgan fingerprint density at radius 1 is 1.50 bits per heavy atom. The van der Waals surface area contributed by atoms with E-state index in [1.807, 2.05) is 0 Å². The van der Waals surface area contributed by atoms with E-state index >= 15 is 0 Å². The number of nitrogens with two attached hydrogens (primary N) is 1. The SMILES string of the molecule is CCOC(=O)c1cc2c(F)cccc2nc1CN. The van der Waals surface area contributed by atoms with Crippen LogP contribution in [0.3, 0.4) is 0 Å². The van der Waals surface area contributed by atoms with Gasteiger partial charge in [0.05, 0.1) is 23.4 Å². The largest absolute Gasteiger partial charge is 0.462 e. The van der Waals surface area contributed by atoms with Crippen molar-refractivity contribution in [2.75, 3.05) is 6.61 Å².